The average molecular weight is 1020 g/mol. The van der Waals surface area contributed by atoms with Gasteiger partial charge in [0.2, 0.25) is 17.7 Å². The number of aryl methyl sites for hydroxylation is 2. The molecule has 6 aromatic rings. The minimum atomic E-state index is -1.06. The molecule has 7 N–H and O–H groups in total. The number of fused-ring (bicyclic) bond motifs is 1. The number of hydrogen-bond donors (Lipinski definition) is 6. The normalized spacial score (nSPS) is 12.9. The first-order chi connectivity index (χ1) is 36.1. The zero-order valence-corrected chi connectivity index (χ0v) is 42.5. The van der Waals surface area contributed by atoms with E-state index >= 15 is 0 Å². The summed E-state index contributed by atoms with van der Waals surface area (Å²) < 4.78 is 7.63. The third-order valence-corrected chi connectivity index (χ3v) is 12.5. The monoisotopic (exact) mass is 1020 g/mol. The summed E-state index contributed by atoms with van der Waals surface area (Å²) in [6, 6.07) is 21.4. The quantitative estimate of drug-likeness (QED) is 0.0289. The average Bonchev–Trinajstić information content (AvgIpc) is 4.13. The van der Waals surface area contributed by atoms with Gasteiger partial charge in [-0.1, -0.05) is 69.7 Å². The maximum absolute atomic E-state index is 14.2. The number of imide groups is 1. The van der Waals surface area contributed by atoms with Gasteiger partial charge in [0.1, 0.15) is 30.8 Å². The Morgan fingerprint density at radius 3 is 2.31 bits per heavy atom. The van der Waals surface area contributed by atoms with Crippen LogP contribution in [-0.2, 0) is 54.8 Å². The number of amides is 8. The Balaban J connectivity index is 0.996. The molecule has 392 valence electrons. The van der Waals surface area contributed by atoms with E-state index in [-0.39, 0.29) is 69.3 Å². The molecular formula is C54H63N13O8. The van der Waals surface area contributed by atoms with E-state index in [0.29, 0.717) is 65.5 Å². The summed E-state index contributed by atoms with van der Waals surface area (Å²) in [7, 11) is 0. The van der Waals surface area contributed by atoms with Gasteiger partial charge in [-0.3, -0.25) is 38.8 Å². The van der Waals surface area contributed by atoms with Crippen molar-refractivity contribution < 1.29 is 38.3 Å². The highest BCUT2D eigenvalue weighted by molar-refractivity contribution is 6.12. The maximum atomic E-state index is 14.2. The minimum Gasteiger partial charge on any atom is -0.445 e. The standard InChI is InChI=1S/C54H63N13O8/c1-5-37-14-8-9-15-38(37)29-65(31-43-62-49(39-21-24-44-57-33-58-67(44)30-39)50(63-43)41-16-11-13-35(4)59-41)54(74)75-32-36-19-22-40(23-20-36)60-51(71)42(17-12-27-56-53(55)73)61-52(72)48(34(2)3)64-45(68)18-7-6-10-28-66-46(69)25-26-47(66)70/h8-9,11,13-16,19-26,30,33-34,42,48H,5-7,10,12,17-18,27-29,31-32H2,1-4H3,(H,60,71)(H,61,72)(H,62,63)(H,64,68)(H3,55,56,73). The second-order valence-electron chi connectivity index (χ2n) is 18.5. The number of benzene rings is 2. The van der Waals surface area contributed by atoms with Crippen LogP contribution in [0.4, 0.5) is 15.3 Å². The topological polar surface area (TPSA) is 281 Å². The number of unbranched alkanes of at least 4 members (excludes halogenated alkanes) is 2. The molecule has 2 atom stereocenters. The van der Waals surface area contributed by atoms with Crippen LogP contribution in [0, 0.1) is 12.8 Å². The number of aromatic amines is 1. The van der Waals surface area contributed by atoms with Crippen molar-refractivity contribution in [3.05, 3.63) is 132 Å². The predicted octanol–water partition coefficient (Wildman–Crippen LogP) is 5.89. The molecule has 0 fully saturated rings. The number of imidazole rings is 1. The van der Waals surface area contributed by atoms with Crippen LogP contribution in [0.3, 0.4) is 0 Å². The van der Waals surface area contributed by atoms with Crippen LogP contribution in [0.2, 0.25) is 0 Å². The number of aromatic nitrogens is 6. The number of ether oxygens (including phenoxy) is 1. The lowest BCUT2D eigenvalue weighted by atomic mass is 10.0. The van der Waals surface area contributed by atoms with Crippen molar-refractivity contribution in [1.29, 1.82) is 0 Å². The highest BCUT2D eigenvalue weighted by Gasteiger charge is 2.30. The van der Waals surface area contributed by atoms with Gasteiger partial charge < -0.3 is 36.7 Å². The molecule has 2 unspecified atom stereocenters. The molecule has 0 saturated carbocycles. The van der Waals surface area contributed by atoms with Crippen molar-refractivity contribution in [2.45, 2.75) is 104 Å². The van der Waals surface area contributed by atoms with Gasteiger partial charge in [0, 0.05) is 61.3 Å². The van der Waals surface area contributed by atoms with Crippen molar-refractivity contribution in [2.75, 3.05) is 18.4 Å². The highest BCUT2D eigenvalue weighted by atomic mass is 16.6. The third kappa shape index (κ3) is 14.9. The number of nitrogens with zero attached hydrogens (tertiary/aromatic N) is 7. The lowest BCUT2D eigenvalue weighted by Crippen LogP contribution is -2.54. The Kier molecular flexibility index (Phi) is 18.6. The van der Waals surface area contributed by atoms with Gasteiger partial charge in [0.15, 0.2) is 5.65 Å². The van der Waals surface area contributed by atoms with Crippen LogP contribution in [0.5, 0.6) is 0 Å². The lowest BCUT2D eigenvalue weighted by molar-refractivity contribution is -0.137. The Morgan fingerprint density at radius 1 is 0.827 bits per heavy atom. The molecule has 1 aliphatic heterocycles. The van der Waals surface area contributed by atoms with Gasteiger partial charge >= 0.3 is 12.1 Å². The molecule has 0 spiro atoms. The number of anilines is 1. The van der Waals surface area contributed by atoms with Crippen molar-refractivity contribution in [1.82, 2.24) is 55.3 Å². The second kappa shape index (κ2) is 25.8. The Morgan fingerprint density at radius 2 is 1.59 bits per heavy atom. The molecule has 5 heterocycles. The first kappa shape index (κ1) is 54.0. The number of H-pyrrole nitrogens is 1. The van der Waals surface area contributed by atoms with Crippen molar-refractivity contribution in [3.63, 3.8) is 0 Å². The molecule has 4 aromatic heterocycles. The number of rotatable bonds is 25. The van der Waals surface area contributed by atoms with Gasteiger partial charge in [-0.05, 0) is 98.0 Å². The number of carbonyl (C=O) groups excluding carboxylic acids is 7. The van der Waals surface area contributed by atoms with Gasteiger partial charge in [0.05, 0.1) is 23.6 Å². The molecule has 7 rings (SSSR count). The highest BCUT2D eigenvalue weighted by Crippen LogP contribution is 2.30. The van der Waals surface area contributed by atoms with Gasteiger partial charge in [0.25, 0.3) is 11.8 Å². The Hall–Kier alpha value is -8.75. The Bertz CT molecular complexity index is 3020. The van der Waals surface area contributed by atoms with Gasteiger partial charge in [-0.25, -0.2) is 24.1 Å². The summed E-state index contributed by atoms with van der Waals surface area (Å²) >= 11 is 0. The van der Waals surface area contributed by atoms with E-state index < -0.39 is 36.0 Å². The third-order valence-electron chi connectivity index (χ3n) is 12.5. The van der Waals surface area contributed by atoms with Crippen LogP contribution in [-0.4, -0.2) is 106 Å². The minimum absolute atomic E-state index is 0.0694. The molecule has 0 radical (unpaired) electrons. The number of carbonyl (C=O) groups is 7. The number of pyridine rings is 2. The van der Waals surface area contributed by atoms with Crippen LogP contribution < -0.4 is 27.0 Å². The van der Waals surface area contributed by atoms with E-state index in [0.717, 1.165) is 33.7 Å². The zero-order chi connectivity index (χ0) is 53.4. The van der Waals surface area contributed by atoms with E-state index in [9.17, 15) is 33.6 Å². The van der Waals surface area contributed by atoms with Gasteiger partial charge in [-0.15, -0.1) is 0 Å². The number of urea groups is 1. The van der Waals surface area contributed by atoms with E-state index in [2.05, 4.69) is 43.3 Å². The fraction of sp³-hybridized carbons (Fsp3) is 0.352. The Labute approximate surface area is 434 Å². The summed E-state index contributed by atoms with van der Waals surface area (Å²) in [5.41, 5.74) is 12.6. The van der Waals surface area contributed by atoms with Gasteiger partial charge in [-0.2, -0.15) is 5.10 Å². The van der Waals surface area contributed by atoms with E-state index in [1.54, 1.807) is 47.5 Å². The molecule has 1 aliphatic rings. The maximum Gasteiger partial charge on any atom is 0.410 e. The van der Waals surface area contributed by atoms with E-state index in [1.807, 2.05) is 67.7 Å². The van der Waals surface area contributed by atoms with Crippen LogP contribution in [0.1, 0.15) is 87.5 Å². The second-order valence-corrected chi connectivity index (χ2v) is 18.5. The molecule has 21 heteroatoms. The fourth-order valence-corrected chi connectivity index (χ4v) is 8.52. The SMILES string of the molecule is CCc1ccccc1CN(Cc1nc(-c2ccc3ncnn3c2)c(-c2cccc(C)n2)[nH]1)C(=O)OCc1ccc(NC(=O)C(CCCNC(N)=O)NC(=O)C(NC(=O)CCCCCN2C(=O)C=CC2=O)C(C)C)cc1. The molecule has 75 heavy (non-hydrogen) atoms. The van der Waals surface area contributed by atoms with E-state index in [4.69, 9.17) is 20.4 Å². The molecular weight excluding hydrogens is 959 g/mol. The smallest absolute Gasteiger partial charge is 0.410 e. The molecule has 0 aliphatic carbocycles. The number of hydrogen-bond acceptors (Lipinski definition) is 12. The van der Waals surface area contributed by atoms with Crippen molar-refractivity contribution >= 4 is 53.0 Å². The summed E-state index contributed by atoms with van der Waals surface area (Å²) in [6.07, 6.45) is 8.08. The predicted molar refractivity (Wildman–Crippen MR) is 279 cm³/mol. The fourth-order valence-electron chi connectivity index (χ4n) is 8.52. The first-order valence-corrected chi connectivity index (χ1v) is 25.0. The molecule has 2 aromatic carbocycles. The molecule has 0 bridgehead atoms. The molecule has 0 saturated heterocycles. The van der Waals surface area contributed by atoms with Crippen LogP contribution in [0.25, 0.3) is 28.3 Å². The van der Waals surface area contributed by atoms with Crippen molar-refractivity contribution in [2.24, 2.45) is 11.7 Å². The van der Waals surface area contributed by atoms with Crippen LogP contribution in [0.15, 0.2) is 104 Å². The van der Waals surface area contributed by atoms with E-state index in [1.165, 1.54) is 18.5 Å². The molecule has 21 nitrogen and oxygen atoms in total. The number of nitrogens with two attached hydrogens (primary N) is 1. The summed E-state index contributed by atoms with van der Waals surface area (Å²) in [4.78, 5) is 110. The lowest BCUT2D eigenvalue weighted by Gasteiger charge is -2.25. The zero-order valence-electron chi connectivity index (χ0n) is 42.5. The number of nitrogens with one attached hydrogen (secondary N) is 5. The summed E-state index contributed by atoms with van der Waals surface area (Å²) in [5, 5.41) is 15.2. The first-order valence-electron chi connectivity index (χ1n) is 25.0. The number of primary amides is 1. The van der Waals surface area contributed by atoms with Crippen molar-refractivity contribution in [3.8, 4) is 22.6 Å². The largest absolute Gasteiger partial charge is 0.445 e. The van der Waals surface area contributed by atoms with Crippen LogP contribution >= 0.6 is 0 Å². The summed E-state index contributed by atoms with van der Waals surface area (Å²) in [6.45, 7) is 8.14. The molecule has 8 amide bonds. The summed E-state index contributed by atoms with van der Waals surface area (Å²) in [5.74, 6) is -2.01.